The van der Waals surface area contributed by atoms with Crippen molar-refractivity contribution in [1.29, 1.82) is 5.26 Å². The average molecular weight is 319 g/mol. The van der Waals surface area contributed by atoms with E-state index in [2.05, 4.69) is 10.5 Å². The predicted molar refractivity (Wildman–Crippen MR) is 82.4 cm³/mol. The van der Waals surface area contributed by atoms with Crippen LogP contribution in [0.15, 0.2) is 28.8 Å². The summed E-state index contributed by atoms with van der Waals surface area (Å²) in [5, 5.41) is 16.1. The molecule has 0 aliphatic carbocycles. The number of hydrogen-bond acceptors (Lipinski definition) is 5. The number of amides is 1. The van der Waals surface area contributed by atoms with Gasteiger partial charge in [0.25, 0.3) is 0 Å². The van der Waals surface area contributed by atoms with Crippen molar-refractivity contribution in [3.63, 3.8) is 0 Å². The zero-order valence-electron chi connectivity index (χ0n) is 12.3. The lowest BCUT2D eigenvalue weighted by atomic mass is 10.2. The van der Waals surface area contributed by atoms with Crippen LogP contribution in [0.5, 0.6) is 0 Å². The first-order chi connectivity index (χ1) is 10.5. The second-order valence-electron chi connectivity index (χ2n) is 4.95. The number of carbonyl (C=O) groups excluding carboxylic acids is 1. The molecule has 0 aliphatic rings. The molecule has 7 heteroatoms. The zero-order chi connectivity index (χ0) is 16.1. The van der Waals surface area contributed by atoms with Gasteiger partial charge < -0.3 is 9.84 Å². The normalized spacial score (nSPS) is 10.5. The van der Waals surface area contributed by atoms with Crippen LogP contribution in [0.1, 0.15) is 17.0 Å². The summed E-state index contributed by atoms with van der Waals surface area (Å²) in [5.41, 5.74) is 1.53. The van der Waals surface area contributed by atoms with Crippen LogP contribution >= 0.6 is 11.6 Å². The second kappa shape index (κ2) is 7.07. The number of nitriles is 1. The summed E-state index contributed by atoms with van der Waals surface area (Å²) in [5.74, 6) is 0.493. The molecule has 0 spiro atoms. The van der Waals surface area contributed by atoms with Gasteiger partial charge in [-0.3, -0.25) is 9.69 Å². The molecule has 114 valence electrons. The molecule has 2 rings (SSSR count). The molecule has 6 nitrogen and oxygen atoms in total. The van der Waals surface area contributed by atoms with Crippen molar-refractivity contribution >= 4 is 23.2 Å². The van der Waals surface area contributed by atoms with Gasteiger partial charge in [-0.2, -0.15) is 5.26 Å². The Labute approximate surface area is 133 Å². The minimum absolute atomic E-state index is 0.156. The summed E-state index contributed by atoms with van der Waals surface area (Å²) in [6.07, 6.45) is 0. The van der Waals surface area contributed by atoms with Crippen LogP contribution in [0.4, 0.5) is 5.69 Å². The highest BCUT2D eigenvalue weighted by Gasteiger charge is 2.12. The molecule has 0 saturated carbocycles. The molecule has 0 atom stereocenters. The molecule has 1 aromatic carbocycles. The number of hydrogen-bond donors (Lipinski definition) is 1. The fraction of sp³-hybridized carbons (Fsp3) is 0.267. The van der Waals surface area contributed by atoms with Gasteiger partial charge in [0.15, 0.2) is 0 Å². The number of aryl methyl sites for hydroxylation is 1. The van der Waals surface area contributed by atoms with E-state index in [1.165, 1.54) is 0 Å². The summed E-state index contributed by atoms with van der Waals surface area (Å²) in [4.78, 5) is 13.8. The van der Waals surface area contributed by atoms with Crippen LogP contribution in [0.2, 0.25) is 5.02 Å². The molecule has 1 amide bonds. The summed E-state index contributed by atoms with van der Waals surface area (Å²) in [6, 6.07) is 8.56. The molecular weight excluding hydrogens is 304 g/mol. The standard InChI is InChI=1S/C15H15ClN4O2/c1-10-5-13(19-22-10)8-20(2)9-15(21)18-14-6-12(16)4-3-11(14)7-17/h3-6H,8-9H2,1-2H3,(H,18,21). The molecule has 0 aliphatic heterocycles. The maximum absolute atomic E-state index is 12.0. The first-order valence-corrected chi connectivity index (χ1v) is 6.96. The highest BCUT2D eigenvalue weighted by molar-refractivity contribution is 6.31. The number of aromatic nitrogens is 1. The van der Waals surface area contributed by atoms with E-state index in [-0.39, 0.29) is 12.5 Å². The van der Waals surface area contributed by atoms with Gasteiger partial charge in [0.1, 0.15) is 11.8 Å². The van der Waals surface area contributed by atoms with Gasteiger partial charge in [0.05, 0.1) is 23.5 Å². The van der Waals surface area contributed by atoms with Crippen LogP contribution in [-0.2, 0) is 11.3 Å². The molecule has 0 saturated heterocycles. The predicted octanol–water partition coefficient (Wildman–Crippen LogP) is 2.58. The Hall–Kier alpha value is -2.36. The average Bonchev–Trinajstić information content (AvgIpc) is 2.83. The van der Waals surface area contributed by atoms with Gasteiger partial charge in [0, 0.05) is 17.6 Å². The number of benzene rings is 1. The van der Waals surface area contributed by atoms with Crippen molar-refractivity contribution in [3.8, 4) is 6.07 Å². The van der Waals surface area contributed by atoms with Crippen molar-refractivity contribution in [2.75, 3.05) is 18.9 Å². The Morgan fingerprint density at radius 2 is 2.27 bits per heavy atom. The van der Waals surface area contributed by atoms with Crippen LogP contribution < -0.4 is 5.32 Å². The van der Waals surface area contributed by atoms with Crippen LogP contribution in [0.25, 0.3) is 0 Å². The molecule has 1 N–H and O–H groups in total. The first kappa shape index (κ1) is 16.0. The minimum atomic E-state index is -0.235. The fourth-order valence-corrected chi connectivity index (χ4v) is 2.15. The Bertz CT molecular complexity index is 721. The van der Waals surface area contributed by atoms with Crippen molar-refractivity contribution < 1.29 is 9.32 Å². The van der Waals surface area contributed by atoms with Crippen molar-refractivity contribution in [1.82, 2.24) is 10.1 Å². The smallest absolute Gasteiger partial charge is 0.238 e. The van der Waals surface area contributed by atoms with Crippen LogP contribution in [0, 0.1) is 18.3 Å². The topological polar surface area (TPSA) is 82.2 Å². The molecule has 1 heterocycles. The van der Waals surface area contributed by atoms with Gasteiger partial charge in [-0.1, -0.05) is 16.8 Å². The van der Waals surface area contributed by atoms with E-state index in [0.29, 0.717) is 22.8 Å². The number of carbonyl (C=O) groups is 1. The Morgan fingerprint density at radius 3 is 2.91 bits per heavy atom. The fourth-order valence-electron chi connectivity index (χ4n) is 1.98. The lowest BCUT2D eigenvalue weighted by Gasteiger charge is -2.15. The lowest BCUT2D eigenvalue weighted by molar-refractivity contribution is -0.117. The summed E-state index contributed by atoms with van der Waals surface area (Å²) in [7, 11) is 1.80. The quantitative estimate of drug-likeness (QED) is 0.916. The van der Waals surface area contributed by atoms with E-state index in [1.54, 1.807) is 30.1 Å². The molecule has 1 aromatic heterocycles. The Morgan fingerprint density at radius 1 is 1.50 bits per heavy atom. The Kier molecular flexibility index (Phi) is 5.15. The van der Waals surface area contributed by atoms with Crippen molar-refractivity contribution in [2.45, 2.75) is 13.5 Å². The third-order valence-corrected chi connectivity index (χ3v) is 3.13. The molecule has 0 fully saturated rings. The van der Waals surface area contributed by atoms with Gasteiger partial charge in [-0.15, -0.1) is 0 Å². The molecule has 0 radical (unpaired) electrons. The number of rotatable bonds is 5. The van der Waals surface area contributed by atoms with Crippen LogP contribution in [-0.4, -0.2) is 29.6 Å². The lowest BCUT2D eigenvalue weighted by Crippen LogP contribution is -2.30. The maximum atomic E-state index is 12.0. The summed E-state index contributed by atoms with van der Waals surface area (Å²) >= 11 is 5.88. The molecule has 22 heavy (non-hydrogen) atoms. The van der Waals surface area contributed by atoms with E-state index < -0.39 is 0 Å². The zero-order valence-corrected chi connectivity index (χ0v) is 13.0. The number of nitrogens with one attached hydrogen (secondary N) is 1. The molecular formula is C15H15ClN4O2. The minimum Gasteiger partial charge on any atom is -0.361 e. The summed E-state index contributed by atoms with van der Waals surface area (Å²) in [6.45, 7) is 2.46. The number of halogens is 1. The third-order valence-electron chi connectivity index (χ3n) is 2.90. The molecule has 2 aromatic rings. The highest BCUT2D eigenvalue weighted by Crippen LogP contribution is 2.20. The van der Waals surface area contributed by atoms with Crippen molar-refractivity contribution in [2.24, 2.45) is 0 Å². The third kappa shape index (κ3) is 4.32. The Balaban J connectivity index is 1.95. The van der Waals surface area contributed by atoms with Crippen molar-refractivity contribution in [3.05, 3.63) is 46.3 Å². The van der Waals surface area contributed by atoms with Gasteiger partial charge >= 0.3 is 0 Å². The van der Waals surface area contributed by atoms with E-state index in [0.717, 1.165) is 11.5 Å². The molecule has 0 bridgehead atoms. The van der Waals surface area contributed by atoms with E-state index in [4.69, 9.17) is 21.4 Å². The van der Waals surface area contributed by atoms with E-state index >= 15 is 0 Å². The highest BCUT2D eigenvalue weighted by atomic mass is 35.5. The maximum Gasteiger partial charge on any atom is 0.238 e. The van der Waals surface area contributed by atoms with E-state index in [9.17, 15) is 4.79 Å². The monoisotopic (exact) mass is 318 g/mol. The van der Waals surface area contributed by atoms with E-state index in [1.807, 2.05) is 19.1 Å². The largest absolute Gasteiger partial charge is 0.361 e. The summed E-state index contributed by atoms with van der Waals surface area (Å²) < 4.78 is 4.98. The molecule has 0 unspecified atom stereocenters. The van der Waals surface area contributed by atoms with Gasteiger partial charge in [-0.25, -0.2) is 0 Å². The number of nitrogens with zero attached hydrogens (tertiary/aromatic N) is 3. The van der Waals surface area contributed by atoms with Gasteiger partial charge in [0.2, 0.25) is 5.91 Å². The first-order valence-electron chi connectivity index (χ1n) is 6.58. The van der Waals surface area contributed by atoms with Gasteiger partial charge in [-0.05, 0) is 32.2 Å². The van der Waals surface area contributed by atoms with Crippen LogP contribution in [0.3, 0.4) is 0 Å². The number of anilines is 1. The second-order valence-corrected chi connectivity index (χ2v) is 5.39. The number of likely N-dealkylation sites (N-methyl/N-ethyl adjacent to an activating group) is 1. The SMILES string of the molecule is Cc1cc(CN(C)CC(=O)Nc2cc(Cl)ccc2C#N)no1.